The fourth-order valence-corrected chi connectivity index (χ4v) is 1.76. The molecule has 0 aliphatic rings. The highest BCUT2D eigenvalue weighted by Gasteiger charge is 2.10. The third-order valence-electron chi connectivity index (χ3n) is 2.67. The zero-order valence-corrected chi connectivity index (χ0v) is 11.5. The van der Waals surface area contributed by atoms with Gasteiger partial charge in [-0.2, -0.15) is 0 Å². The fourth-order valence-electron chi connectivity index (χ4n) is 1.56. The van der Waals surface area contributed by atoms with Crippen LogP contribution in [0.2, 0.25) is 0 Å². The van der Waals surface area contributed by atoms with E-state index in [1.165, 1.54) is 24.3 Å². The van der Waals surface area contributed by atoms with Crippen molar-refractivity contribution in [2.24, 2.45) is 0 Å². The van der Waals surface area contributed by atoms with E-state index in [4.69, 9.17) is 17.0 Å². The van der Waals surface area contributed by atoms with E-state index in [1.54, 1.807) is 11.9 Å². The largest absolute Gasteiger partial charge is 0.432 e. The van der Waals surface area contributed by atoms with Crippen LogP contribution in [0.3, 0.4) is 0 Å². The van der Waals surface area contributed by atoms with Crippen molar-refractivity contribution in [1.29, 1.82) is 0 Å². The molecule has 0 bridgehead atoms. The molecule has 0 unspecified atom stereocenters. The number of hydrogen-bond donors (Lipinski definition) is 0. The van der Waals surface area contributed by atoms with Gasteiger partial charge >= 0.3 is 0 Å². The van der Waals surface area contributed by atoms with Gasteiger partial charge in [-0.05, 0) is 36.5 Å². The Morgan fingerprint density at radius 3 is 2.30 bits per heavy atom. The molecule has 6 heteroatoms. The van der Waals surface area contributed by atoms with Gasteiger partial charge in [0.05, 0.1) is 4.92 Å². The van der Waals surface area contributed by atoms with Crippen LogP contribution >= 0.6 is 12.2 Å². The minimum absolute atomic E-state index is 0.0136. The summed E-state index contributed by atoms with van der Waals surface area (Å²) in [5, 5.41) is 10.8. The summed E-state index contributed by atoms with van der Waals surface area (Å²) in [7, 11) is 1.79. The molecule has 0 aliphatic heterocycles. The number of ether oxygens (including phenoxy) is 1. The molecule has 0 heterocycles. The van der Waals surface area contributed by atoms with Crippen LogP contribution in [0.5, 0.6) is 5.75 Å². The maximum Gasteiger partial charge on any atom is 0.269 e. The number of anilines is 1. The van der Waals surface area contributed by atoms with Crippen molar-refractivity contribution in [2.45, 2.75) is 0 Å². The molecule has 2 aromatic carbocycles. The number of rotatable bonds is 3. The zero-order valence-electron chi connectivity index (χ0n) is 10.7. The Morgan fingerprint density at radius 2 is 1.75 bits per heavy atom. The Hall–Kier alpha value is -2.47. The summed E-state index contributed by atoms with van der Waals surface area (Å²) in [5.74, 6) is 0.461. The molecule has 0 saturated carbocycles. The monoisotopic (exact) mass is 288 g/mol. The summed E-state index contributed by atoms with van der Waals surface area (Å²) < 4.78 is 5.50. The highest BCUT2D eigenvalue weighted by Crippen LogP contribution is 2.19. The van der Waals surface area contributed by atoms with Crippen LogP contribution in [0.1, 0.15) is 0 Å². The SMILES string of the molecule is CN(C(=S)Oc1ccc([N+](=O)[O-])cc1)c1ccccc1. The second-order valence-electron chi connectivity index (χ2n) is 4.01. The number of benzene rings is 2. The number of para-hydroxylation sites is 1. The van der Waals surface area contributed by atoms with E-state index in [0.29, 0.717) is 5.75 Å². The van der Waals surface area contributed by atoms with Crippen LogP contribution in [-0.2, 0) is 0 Å². The number of nitro benzene ring substituents is 1. The first kappa shape index (κ1) is 14.0. The molecule has 0 radical (unpaired) electrons. The summed E-state index contributed by atoms with van der Waals surface area (Å²) in [6.07, 6.45) is 0. The van der Waals surface area contributed by atoms with E-state index >= 15 is 0 Å². The van der Waals surface area contributed by atoms with Gasteiger partial charge in [0, 0.05) is 24.9 Å². The third-order valence-corrected chi connectivity index (χ3v) is 3.03. The van der Waals surface area contributed by atoms with Gasteiger partial charge in [0.1, 0.15) is 5.75 Å². The van der Waals surface area contributed by atoms with E-state index in [9.17, 15) is 10.1 Å². The molecule has 20 heavy (non-hydrogen) atoms. The van der Waals surface area contributed by atoms with Gasteiger partial charge in [-0.25, -0.2) is 0 Å². The van der Waals surface area contributed by atoms with Crippen LogP contribution in [0, 0.1) is 10.1 Å². The Bertz CT molecular complexity index is 614. The van der Waals surface area contributed by atoms with Crippen LogP contribution in [0.4, 0.5) is 11.4 Å². The second-order valence-corrected chi connectivity index (χ2v) is 4.36. The van der Waals surface area contributed by atoms with E-state index in [0.717, 1.165) is 5.69 Å². The first-order chi connectivity index (χ1) is 9.58. The highest BCUT2D eigenvalue weighted by molar-refractivity contribution is 7.80. The Morgan fingerprint density at radius 1 is 1.15 bits per heavy atom. The van der Waals surface area contributed by atoms with Crippen LogP contribution in [0.25, 0.3) is 0 Å². The Kier molecular flexibility index (Phi) is 4.27. The van der Waals surface area contributed by atoms with Crippen LogP contribution in [-0.4, -0.2) is 17.1 Å². The average molecular weight is 288 g/mol. The van der Waals surface area contributed by atoms with Gasteiger partial charge in [-0.1, -0.05) is 18.2 Å². The molecular weight excluding hydrogens is 276 g/mol. The normalized spacial score (nSPS) is 9.85. The lowest BCUT2D eigenvalue weighted by atomic mass is 10.3. The molecule has 0 fully saturated rings. The lowest BCUT2D eigenvalue weighted by Gasteiger charge is -2.19. The van der Waals surface area contributed by atoms with Gasteiger partial charge in [-0.15, -0.1) is 0 Å². The minimum Gasteiger partial charge on any atom is -0.432 e. The van der Waals surface area contributed by atoms with Crippen LogP contribution < -0.4 is 9.64 Å². The lowest BCUT2D eigenvalue weighted by molar-refractivity contribution is -0.384. The number of hydrogen-bond acceptors (Lipinski definition) is 4. The fraction of sp³-hybridized carbons (Fsp3) is 0.0714. The topological polar surface area (TPSA) is 55.6 Å². The summed E-state index contributed by atoms with van der Waals surface area (Å²) in [6.45, 7) is 0. The average Bonchev–Trinajstić information content (AvgIpc) is 2.48. The summed E-state index contributed by atoms with van der Waals surface area (Å²) >= 11 is 5.19. The van der Waals surface area contributed by atoms with Crippen molar-refractivity contribution >= 4 is 28.8 Å². The minimum atomic E-state index is -0.460. The summed E-state index contributed by atoms with van der Waals surface area (Å²) in [4.78, 5) is 11.8. The van der Waals surface area contributed by atoms with Gasteiger partial charge in [0.25, 0.3) is 10.9 Å². The smallest absolute Gasteiger partial charge is 0.269 e. The van der Waals surface area contributed by atoms with Gasteiger partial charge in [0.15, 0.2) is 0 Å². The number of non-ortho nitro benzene ring substituents is 1. The first-order valence-corrected chi connectivity index (χ1v) is 6.24. The third kappa shape index (κ3) is 3.30. The maximum absolute atomic E-state index is 10.6. The molecule has 0 saturated heterocycles. The molecule has 0 aromatic heterocycles. The van der Waals surface area contributed by atoms with E-state index in [1.807, 2.05) is 30.3 Å². The maximum atomic E-state index is 10.6. The Balaban J connectivity index is 2.06. The molecule has 0 atom stereocenters. The van der Waals surface area contributed by atoms with E-state index in [-0.39, 0.29) is 10.9 Å². The summed E-state index contributed by atoms with van der Waals surface area (Å²) in [5.41, 5.74) is 0.916. The Labute approximate surface area is 121 Å². The van der Waals surface area contributed by atoms with Crippen molar-refractivity contribution < 1.29 is 9.66 Å². The highest BCUT2D eigenvalue weighted by atomic mass is 32.1. The second kappa shape index (κ2) is 6.12. The molecule has 0 amide bonds. The molecule has 102 valence electrons. The van der Waals surface area contributed by atoms with Crippen molar-refractivity contribution in [1.82, 2.24) is 0 Å². The molecule has 2 rings (SSSR count). The lowest BCUT2D eigenvalue weighted by Crippen LogP contribution is -2.29. The molecule has 5 nitrogen and oxygen atoms in total. The standard InChI is InChI=1S/C14H12N2O3S/c1-15(11-5-3-2-4-6-11)14(20)19-13-9-7-12(8-10-13)16(17)18/h2-10H,1H3. The number of nitrogens with zero attached hydrogens (tertiary/aromatic N) is 2. The molecular formula is C14H12N2O3S. The van der Waals surface area contributed by atoms with Crippen molar-refractivity contribution in [3.05, 3.63) is 64.7 Å². The number of thiocarbonyl (C=S) groups is 1. The summed E-state index contributed by atoms with van der Waals surface area (Å²) in [6, 6.07) is 15.3. The van der Waals surface area contributed by atoms with Crippen molar-refractivity contribution in [3.63, 3.8) is 0 Å². The first-order valence-electron chi connectivity index (χ1n) is 5.83. The number of nitro groups is 1. The van der Waals surface area contributed by atoms with Crippen molar-refractivity contribution in [2.75, 3.05) is 11.9 Å². The van der Waals surface area contributed by atoms with Gasteiger partial charge in [-0.3, -0.25) is 10.1 Å². The predicted molar refractivity (Wildman–Crippen MR) is 81.2 cm³/mol. The quantitative estimate of drug-likeness (QED) is 0.492. The predicted octanol–water partition coefficient (Wildman–Crippen LogP) is 3.39. The zero-order chi connectivity index (χ0) is 14.5. The molecule has 0 spiro atoms. The molecule has 2 aromatic rings. The molecule has 0 aliphatic carbocycles. The van der Waals surface area contributed by atoms with Gasteiger partial charge in [0.2, 0.25) is 0 Å². The van der Waals surface area contributed by atoms with E-state index < -0.39 is 4.92 Å². The van der Waals surface area contributed by atoms with Crippen LogP contribution in [0.15, 0.2) is 54.6 Å². The van der Waals surface area contributed by atoms with Gasteiger partial charge < -0.3 is 9.64 Å². The molecule has 0 N–H and O–H groups in total. The van der Waals surface area contributed by atoms with Crippen molar-refractivity contribution in [3.8, 4) is 5.75 Å². The van der Waals surface area contributed by atoms with E-state index in [2.05, 4.69) is 0 Å².